The summed E-state index contributed by atoms with van der Waals surface area (Å²) in [6.45, 7) is 6.00. The summed E-state index contributed by atoms with van der Waals surface area (Å²) in [4.78, 5) is 0. The van der Waals surface area contributed by atoms with Crippen LogP contribution in [0.2, 0.25) is 10.0 Å². The second-order valence-corrected chi connectivity index (χ2v) is 6.15. The molecule has 0 unspecified atom stereocenters. The van der Waals surface area contributed by atoms with Gasteiger partial charge in [-0.3, -0.25) is 0 Å². The second kappa shape index (κ2) is 7.12. The molecule has 0 aliphatic rings. The van der Waals surface area contributed by atoms with Crippen molar-refractivity contribution in [2.24, 2.45) is 0 Å². The number of halogens is 2. The van der Waals surface area contributed by atoms with Crippen molar-refractivity contribution in [2.75, 3.05) is 0 Å². The zero-order valence-electron chi connectivity index (χ0n) is 11.8. The van der Waals surface area contributed by atoms with Crippen LogP contribution in [-0.4, -0.2) is 0 Å². The highest BCUT2D eigenvalue weighted by molar-refractivity contribution is 6.34. The highest BCUT2D eigenvalue weighted by Crippen LogP contribution is 2.19. The maximum atomic E-state index is 5.98. The lowest BCUT2D eigenvalue weighted by Crippen LogP contribution is -2.12. The van der Waals surface area contributed by atoms with Crippen molar-refractivity contribution in [3.8, 4) is 0 Å². The Kier molecular flexibility index (Phi) is 5.47. The lowest BCUT2D eigenvalue weighted by molar-refractivity contribution is 0.693. The molecular formula is C17H19Cl2N. The topological polar surface area (TPSA) is 12.0 Å². The number of rotatable bonds is 5. The first-order valence-corrected chi connectivity index (χ1v) is 7.54. The third-order valence-electron chi connectivity index (χ3n) is 3.23. The zero-order valence-corrected chi connectivity index (χ0v) is 13.3. The van der Waals surface area contributed by atoms with Crippen LogP contribution < -0.4 is 5.32 Å². The third kappa shape index (κ3) is 4.52. The predicted molar refractivity (Wildman–Crippen MR) is 87.5 cm³/mol. The quantitative estimate of drug-likeness (QED) is 0.779. The van der Waals surface area contributed by atoms with E-state index in [1.165, 1.54) is 11.1 Å². The number of hydrogen-bond donors (Lipinski definition) is 1. The first-order chi connectivity index (χ1) is 9.54. The Hall–Kier alpha value is -1.02. The molecule has 2 aromatic carbocycles. The summed E-state index contributed by atoms with van der Waals surface area (Å²) in [6.07, 6.45) is 0. The van der Waals surface area contributed by atoms with Crippen molar-refractivity contribution in [1.29, 1.82) is 0 Å². The summed E-state index contributed by atoms with van der Waals surface area (Å²) in [6, 6.07) is 14.3. The van der Waals surface area contributed by atoms with E-state index < -0.39 is 0 Å². The van der Waals surface area contributed by atoms with Gasteiger partial charge in [-0.15, -0.1) is 0 Å². The maximum Gasteiger partial charge on any atom is 0.0424 e. The minimum absolute atomic E-state index is 0.575. The first-order valence-electron chi connectivity index (χ1n) is 6.79. The minimum atomic E-state index is 0.575. The Bertz CT molecular complexity index is 541. The van der Waals surface area contributed by atoms with Gasteiger partial charge in [0, 0.05) is 23.1 Å². The van der Waals surface area contributed by atoms with E-state index in [-0.39, 0.29) is 0 Å². The standard InChI is InChI=1S/C17H19Cl2N/c1-12(2)15-5-3-13(4-6-15)10-20-11-14-7-16(18)9-17(19)8-14/h3-9,12,20H,10-11H2,1-2H3. The van der Waals surface area contributed by atoms with Crippen molar-refractivity contribution >= 4 is 23.2 Å². The maximum absolute atomic E-state index is 5.98. The van der Waals surface area contributed by atoms with Crippen molar-refractivity contribution in [2.45, 2.75) is 32.9 Å². The number of hydrogen-bond acceptors (Lipinski definition) is 1. The molecule has 0 aliphatic heterocycles. The largest absolute Gasteiger partial charge is 0.309 e. The highest BCUT2D eigenvalue weighted by atomic mass is 35.5. The van der Waals surface area contributed by atoms with Crippen LogP contribution in [0.1, 0.15) is 36.5 Å². The van der Waals surface area contributed by atoms with Crippen LogP contribution in [0.5, 0.6) is 0 Å². The summed E-state index contributed by atoms with van der Waals surface area (Å²) in [7, 11) is 0. The van der Waals surface area contributed by atoms with Gasteiger partial charge >= 0.3 is 0 Å². The average Bonchev–Trinajstić information content (AvgIpc) is 2.38. The van der Waals surface area contributed by atoms with Crippen LogP contribution in [0, 0.1) is 0 Å². The van der Waals surface area contributed by atoms with Gasteiger partial charge in [0.1, 0.15) is 0 Å². The summed E-state index contributed by atoms with van der Waals surface area (Å²) in [5.41, 5.74) is 3.75. The van der Waals surface area contributed by atoms with E-state index in [0.717, 1.165) is 18.7 Å². The van der Waals surface area contributed by atoms with Gasteiger partial charge in [-0.1, -0.05) is 61.3 Å². The molecule has 1 nitrogen and oxygen atoms in total. The van der Waals surface area contributed by atoms with E-state index in [0.29, 0.717) is 16.0 Å². The van der Waals surface area contributed by atoms with Crippen LogP contribution in [-0.2, 0) is 13.1 Å². The van der Waals surface area contributed by atoms with Crippen molar-refractivity contribution in [3.05, 3.63) is 69.2 Å². The van der Waals surface area contributed by atoms with Crippen LogP contribution in [0.4, 0.5) is 0 Å². The van der Waals surface area contributed by atoms with Gasteiger partial charge in [0.25, 0.3) is 0 Å². The fourth-order valence-electron chi connectivity index (χ4n) is 2.08. The molecule has 0 bridgehead atoms. The molecule has 0 aliphatic carbocycles. The molecule has 0 fully saturated rings. The van der Waals surface area contributed by atoms with Crippen molar-refractivity contribution in [3.63, 3.8) is 0 Å². The highest BCUT2D eigenvalue weighted by Gasteiger charge is 2.00. The molecule has 3 heteroatoms. The first kappa shape index (κ1) is 15.4. The predicted octanol–water partition coefficient (Wildman–Crippen LogP) is 5.41. The molecule has 0 saturated carbocycles. The molecule has 0 radical (unpaired) electrons. The Morgan fingerprint density at radius 3 is 1.95 bits per heavy atom. The normalized spacial score (nSPS) is 11.1. The molecule has 0 atom stereocenters. The fourth-order valence-corrected chi connectivity index (χ4v) is 2.66. The van der Waals surface area contributed by atoms with Gasteiger partial charge in [0.05, 0.1) is 0 Å². The molecule has 106 valence electrons. The molecule has 1 N–H and O–H groups in total. The van der Waals surface area contributed by atoms with E-state index in [1.807, 2.05) is 12.1 Å². The molecule has 0 saturated heterocycles. The van der Waals surface area contributed by atoms with Gasteiger partial charge in [-0.25, -0.2) is 0 Å². The molecule has 2 aromatic rings. The van der Waals surface area contributed by atoms with Gasteiger partial charge in [0.2, 0.25) is 0 Å². The minimum Gasteiger partial charge on any atom is -0.309 e. The Morgan fingerprint density at radius 2 is 1.40 bits per heavy atom. The smallest absolute Gasteiger partial charge is 0.0424 e. The molecule has 0 aromatic heterocycles. The molecule has 2 rings (SSSR count). The van der Waals surface area contributed by atoms with Crippen LogP contribution in [0.25, 0.3) is 0 Å². The van der Waals surface area contributed by atoms with Crippen molar-refractivity contribution in [1.82, 2.24) is 5.32 Å². The molecule has 0 amide bonds. The van der Waals surface area contributed by atoms with E-state index in [9.17, 15) is 0 Å². The summed E-state index contributed by atoms with van der Waals surface area (Å²) in [5.74, 6) is 0.575. The molecular weight excluding hydrogens is 289 g/mol. The van der Waals surface area contributed by atoms with E-state index in [1.54, 1.807) is 6.07 Å². The van der Waals surface area contributed by atoms with Crippen LogP contribution in [0.15, 0.2) is 42.5 Å². The Balaban J connectivity index is 1.89. The number of benzene rings is 2. The Labute approximate surface area is 130 Å². The van der Waals surface area contributed by atoms with Gasteiger partial charge in [-0.05, 0) is 40.8 Å². The summed E-state index contributed by atoms with van der Waals surface area (Å²) >= 11 is 12.0. The van der Waals surface area contributed by atoms with Crippen LogP contribution >= 0.6 is 23.2 Å². The Morgan fingerprint density at radius 1 is 0.850 bits per heavy atom. The lowest BCUT2D eigenvalue weighted by atomic mass is 10.0. The monoisotopic (exact) mass is 307 g/mol. The second-order valence-electron chi connectivity index (χ2n) is 5.28. The zero-order chi connectivity index (χ0) is 14.5. The molecule has 0 spiro atoms. The SMILES string of the molecule is CC(C)c1ccc(CNCc2cc(Cl)cc(Cl)c2)cc1. The van der Waals surface area contributed by atoms with E-state index in [2.05, 4.69) is 43.4 Å². The third-order valence-corrected chi connectivity index (χ3v) is 3.66. The molecule has 20 heavy (non-hydrogen) atoms. The lowest BCUT2D eigenvalue weighted by Gasteiger charge is -2.09. The van der Waals surface area contributed by atoms with E-state index >= 15 is 0 Å². The van der Waals surface area contributed by atoms with Crippen LogP contribution in [0.3, 0.4) is 0 Å². The van der Waals surface area contributed by atoms with Gasteiger partial charge < -0.3 is 5.32 Å². The van der Waals surface area contributed by atoms with E-state index in [4.69, 9.17) is 23.2 Å². The summed E-state index contributed by atoms with van der Waals surface area (Å²) in [5, 5.41) is 4.76. The fraction of sp³-hybridized carbons (Fsp3) is 0.294. The van der Waals surface area contributed by atoms with Gasteiger partial charge in [-0.2, -0.15) is 0 Å². The average molecular weight is 308 g/mol. The van der Waals surface area contributed by atoms with Crippen molar-refractivity contribution < 1.29 is 0 Å². The summed E-state index contributed by atoms with van der Waals surface area (Å²) < 4.78 is 0. The molecule has 0 heterocycles. The van der Waals surface area contributed by atoms with Gasteiger partial charge in [0.15, 0.2) is 0 Å². The number of nitrogens with one attached hydrogen (secondary N) is 1.